The number of amides is 2. The molecule has 1 N–H and O–H groups in total. The van der Waals surface area contributed by atoms with Crippen LogP contribution in [0.15, 0.2) is 41.4 Å². The molecule has 0 aromatic heterocycles. The Labute approximate surface area is 108 Å². The predicted molar refractivity (Wildman–Crippen MR) is 69.3 cm³/mol. The maximum absolute atomic E-state index is 12.1. The Hall–Kier alpha value is -2.75. The SMILES string of the molecule is O=C1C=c2ccc3c(c2C(=O)N1)-c1ccccc1N=3. The van der Waals surface area contributed by atoms with Crippen molar-refractivity contribution in [1.29, 1.82) is 0 Å². The lowest BCUT2D eigenvalue weighted by molar-refractivity contribution is -0.114. The van der Waals surface area contributed by atoms with E-state index in [9.17, 15) is 9.59 Å². The van der Waals surface area contributed by atoms with Gasteiger partial charge in [-0.2, -0.15) is 0 Å². The Morgan fingerprint density at radius 3 is 2.68 bits per heavy atom. The quantitative estimate of drug-likeness (QED) is 0.594. The molecule has 0 aliphatic carbocycles. The number of imide groups is 1. The van der Waals surface area contributed by atoms with Gasteiger partial charge >= 0.3 is 0 Å². The molecule has 90 valence electrons. The zero-order valence-electron chi connectivity index (χ0n) is 9.81. The van der Waals surface area contributed by atoms with Crippen molar-refractivity contribution in [2.75, 3.05) is 0 Å². The minimum absolute atomic E-state index is 0.355. The highest BCUT2D eigenvalue weighted by atomic mass is 16.2. The maximum Gasteiger partial charge on any atom is 0.259 e. The summed E-state index contributed by atoms with van der Waals surface area (Å²) in [4.78, 5) is 27.9. The molecule has 0 saturated heterocycles. The number of benzene rings is 2. The molecule has 4 nitrogen and oxygen atoms in total. The van der Waals surface area contributed by atoms with E-state index in [1.54, 1.807) is 6.07 Å². The molecular weight excluding hydrogens is 240 g/mol. The van der Waals surface area contributed by atoms with Gasteiger partial charge in [0.2, 0.25) is 0 Å². The van der Waals surface area contributed by atoms with E-state index in [0.29, 0.717) is 10.8 Å². The van der Waals surface area contributed by atoms with Gasteiger partial charge in [-0.05, 0) is 17.4 Å². The van der Waals surface area contributed by atoms with Crippen LogP contribution in [0.25, 0.3) is 17.2 Å². The van der Waals surface area contributed by atoms with Gasteiger partial charge in [0, 0.05) is 17.2 Å². The van der Waals surface area contributed by atoms with Crippen LogP contribution >= 0.6 is 0 Å². The molecule has 2 aliphatic heterocycles. The molecule has 0 unspecified atom stereocenters. The van der Waals surface area contributed by atoms with Gasteiger partial charge < -0.3 is 0 Å². The van der Waals surface area contributed by atoms with Gasteiger partial charge in [0.25, 0.3) is 11.8 Å². The van der Waals surface area contributed by atoms with E-state index in [2.05, 4.69) is 10.3 Å². The van der Waals surface area contributed by atoms with Crippen molar-refractivity contribution in [2.45, 2.75) is 0 Å². The number of nitrogens with zero attached hydrogens (tertiary/aromatic N) is 1. The van der Waals surface area contributed by atoms with Crippen LogP contribution in [-0.4, -0.2) is 11.8 Å². The summed E-state index contributed by atoms with van der Waals surface area (Å²) in [5, 5.41) is 3.75. The number of carbonyl (C=O) groups is 2. The molecule has 2 aliphatic rings. The lowest BCUT2D eigenvalue weighted by Gasteiger charge is -2.12. The third kappa shape index (κ3) is 1.31. The Morgan fingerprint density at radius 1 is 0.947 bits per heavy atom. The van der Waals surface area contributed by atoms with Crippen molar-refractivity contribution in [3.63, 3.8) is 0 Å². The molecule has 2 aromatic rings. The Balaban J connectivity index is 2.18. The van der Waals surface area contributed by atoms with Crippen LogP contribution in [0.1, 0.15) is 10.4 Å². The fraction of sp³-hybridized carbons (Fsp3) is 0. The standard InChI is InChI=1S/C15H8N2O2/c18-12-7-8-5-6-11-14(13(8)15(19)17-12)9-3-1-2-4-10(9)16-11/h1-7H,(H,17,18,19). The number of rotatable bonds is 0. The number of nitrogens with one attached hydrogen (secondary N) is 1. The van der Waals surface area contributed by atoms with Crippen LogP contribution in [-0.2, 0) is 4.79 Å². The summed E-state index contributed by atoms with van der Waals surface area (Å²) in [5.74, 6) is -0.730. The van der Waals surface area contributed by atoms with Crippen LogP contribution < -0.4 is 15.9 Å². The predicted octanol–water partition coefficient (Wildman–Crippen LogP) is 0.669. The molecule has 19 heavy (non-hydrogen) atoms. The van der Waals surface area contributed by atoms with E-state index in [1.807, 2.05) is 30.3 Å². The molecule has 0 radical (unpaired) electrons. The van der Waals surface area contributed by atoms with Crippen LogP contribution in [0.5, 0.6) is 0 Å². The summed E-state index contributed by atoms with van der Waals surface area (Å²) >= 11 is 0. The summed E-state index contributed by atoms with van der Waals surface area (Å²) < 4.78 is 0. The first-order valence-corrected chi connectivity index (χ1v) is 5.92. The largest absolute Gasteiger partial charge is 0.289 e. The second kappa shape index (κ2) is 3.38. The lowest BCUT2D eigenvalue weighted by Crippen LogP contribution is -2.40. The van der Waals surface area contributed by atoms with E-state index < -0.39 is 0 Å². The van der Waals surface area contributed by atoms with Crippen molar-refractivity contribution in [3.05, 3.63) is 52.5 Å². The Kier molecular flexibility index (Phi) is 1.82. The van der Waals surface area contributed by atoms with Gasteiger partial charge in [-0.1, -0.05) is 24.3 Å². The van der Waals surface area contributed by atoms with Gasteiger partial charge in [-0.3, -0.25) is 14.9 Å². The molecular formula is C15H8N2O2. The first-order valence-electron chi connectivity index (χ1n) is 5.92. The third-order valence-electron chi connectivity index (χ3n) is 3.38. The molecule has 2 amide bonds. The highest BCUT2D eigenvalue weighted by molar-refractivity contribution is 6.21. The highest BCUT2D eigenvalue weighted by Crippen LogP contribution is 2.33. The van der Waals surface area contributed by atoms with Crippen molar-refractivity contribution in [3.8, 4) is 11.1 Å². The molecule has 4 heteroatoms. The number of carbonyl (C=O) groups excluding carboxylic acids is 2. The summed E-state index contributed by atoms with van der Waals surface area (Å²) in [6.07, 6.45) is 1.44. The van der Waals surface area contributed by atoms with Gasteiger partial charge in [0.15, 0.2) is 0 Å². The normalized spacial score (nSPS) is 14.7. The van der Waals surface area contributed by atoms with E-state index in [4.69, 9.17) is 0 Å². The van der Waals surface area contributed by atoms with E-state index in [1.165, 1.54) is 6.08 Å². The molecule has 2 aromatic carbocycles. The summed E-state index contributed by atoms with van der Waals surface area (Å²) in [7, 11) is 0. The molecule has 0 atom stereocenters. The van der Waals surface area contributed by atoms with Crippen LogP contribution in [0, 0.1) is 0 Å². The van der Waals surface area contributed by atoms with Gasteiger partial charge in [0.1, 0.15) is 0 Å². The minimum Gasteiger partial charge on any atom is -0.289 e. The van der Waals surface area contributed by atoms with Gasteiger partial charge in [0.05, 0.1) is 16.6 Å². The molecule has 0 saturated carbocycles. The molecule has 0 fully saturated rings. The van der Waals surface area contributed by atoms with Crippen molar-refractivity contribution in [2.24, 2.45) is 4.99 Å². The van der Waals surface area contributed by atoms with Crippen LogP contribution in [0.2, 0.25) is 0 Å². The first kappa shape index (κ1) is 10.2. The summed E-state index contributed by atoms with van der Waals surface area (Å²) in [6, 6.07) is 11.3. The highest BCUT2D eigenvalue weighted by Gasteiger charge is 2.25. The summed E-state index contributed by atoms with van der Waals surface area (Å²) in [6.45, 7) is 0. The maximum atomic E-state index is 12.1. The van der Waals surface area contributed by atoms with Crippen molar-refractivity contribution >= 4 is 23.6 Å². The topological polar surface area (TPSA) is 58.5 Å². The molecule has 2 heterocycles. The third-order valence-corrected chi connectivity index (χ3v) is 3.38. The van der Waals surface area contributed by atoms with Crippen LogP contribution in [0.4, 0.5) is 5.69 Å². The van der Waals surface area contributed by atoms with Crippen molar-refractivity contribution < 1.29 is 9.59 Å². The second-order valence-electron chi connectivity index (χ2n) is 4.52. The fourth-order valence-corrected chi connectivity index (χ4v) is 2.60. The fourth-order valence-electron chi connectivity index (χ4n) is 2.60. The van der Waals surface area contributed by atoms with E-state index >= 15 is 0 Å². The average molecular weight is 248 g/mol. The van der Waals surface area contributed by atoms with Crippen LogP contribution in [0.3, 0.4) is 0 Å². The molecule has 0 bridgehead atoms. The number of para-hydroxylation sites is 1. The Bertz CT molecular complexity index is 882. The monoisotopic (exact) mass is 248 g/mol. The first-order chi connectivity index (χ1) is 9.24. The Morgan fingerprint density at radius 2 is 1.79 bits per heavy atom. The minimum atomic E-state index is -0.374. The smallest absolute Gasteiger partial charge is 0.259 e. The van der Waals surface area contributed by atoms with E-state index in [-0.39, 0.29) is 11.8 Å². The summed E-state index contributed by atoms with van der Waals surface area (Å²) in [5.41, 5.74) is 3.14. The second-order valence-corrected chi connectivity index (χ2v) is 4.52. The van der Waals surface area contributed by atoms with Crippen molar-refractivity contribution in [1.82, 2.24) is 5.32 Å². The lowest BCUT2D eigenvalue weighted by atomic mass is 9.96. The number of hydrogen-bond donors (Lipinski definition) is 1. The number of hydrogen-bond acceptors (Lipinski definition) is 3. The molecule has 0 spiro atoms. The molecule has 4 rings (SSSR count). The zero-order chi connectivity index (χ0) is 13.0. The van der Waals surface area contributed by atoms with Gasteiger partial charge in [-0.15, -0.1) is 0 Å². The number of fused-ring (bicyclic) bond motifs is 5. The zero-order valence-corrected chi connectivity index (χ0v) is 9.81. The average Bonchev–Trinajstić information content (AvgIpc) is 2.76. The van der Waals surface area contributed by atoms with E-state index in [0.717, 1.165) is 22.2 Å². The van der Waals surface area contributed by atoms with Gasteiger partial charge in [-0.25, -0.2) is 4.99 Å².